The zero-order valence-electron chi connectivity index (χ0n) is 8.18. The van der Waals surface area contributed by atoms with Gasteiger partial charge in [0.1, 0.15) is 0 Å². The molecule has 0 bridgehead atoms. The molecular weight excluding hydrogens is 287 g/mol. The second-order valence-corrected chi connectivity index (χ2v) is 4.38. The zero-order valence-corrected chi connectivity index (χ0v) is 10.3. The van der Waals surface area contributed by atoms with Gasteiger partial charge in [-0.15, -0.1) is 0 Å². The summed E-state index contributed by atoms with van der Waals surface area (Å²) >= 11 is 2.24. The summed E-state index contributed by atoms with van der Waals surface area (Å²) < 4.78 is 1.12. The molecule has 0 fully saturated rings. The van der Waals surface area contributed by atoms with Crippen LogP contribution in [0.1, 0.15) is 24.5 Å². The van der Waals surface area contributed by atoms with Crippen LogP contribution < -0.4 is 5.32 Å². The lowest BCUT2D eigenvalue weighted by Crippen LogP contribution is -2.13. The van der Waals surface area contributed by atoms with Crippen molar-refractivity contribution in [1.82, 2.24) is 5.32 Å². The molecule has 1 rings (SSSR count). The number of nitrogens with zero attached hydrogens (tertiary/aromatic N) is 1. The van der Waals surface area contributed by atoms with Gasteiger partial charge in [-0.2, -0.15) is 5.26 Å². The van der Waals surface area contributed by atoms with E-state index in [9.17, 15) is 0 Å². The van der Waals surface area contributed by atoms with Crippen LogP contribution in [0, 0.1) is 14.9 Å². The fraction of sp³-hybridized carbons (Fsp3) is 0.364. The summed E-state index contributed by atoms with van der Waals surface area (Å²) in [5, 5.41) is 12.1. The summed E-state index contributed by atoms with van der Waals surface area (Å²) in [6, 6.07) is 8.10. The Morgan fingerprint density at radius 3 is 2.86 bits per heavy atom. The lowest BCUT2D eigenvalue weighted by molar-refractivity contribution is 0.675. The van der Waals surface area contributed by atoms with Crippen molar-refractivity contribution >= 4 is 22.6 Å². The summed E-state index contributed by atoms with van der Waals surface area (Å²) in [4.78, 5) is 0. The van der Waals surface area contributed by atoms with E-state index in [0.29, 0.717) is 0 Å². The first-order chi connectivity index (χ1) is 6.76. The van der Waals surface area contributed by atoms with Gasteiger partial charge >= 0.3 is 0 Å². The van der Waals surface area contributed by atoms with Crippen LogP contribution in [0.2, 0.25) is 0 Å². The molecule has 74 valence electrons. The molecule has 0 aromatic heterocycles. The molecular formula is C11H13IN2. The van der Waals surface area contributed by atoms with Gasteiger partial charge in [0.15, 0.2) is 0 Å². The molecule has 1 aromatic carbocycles. The standard InChI is InChI=1S/C11H13IN2/c1-2-3-14-8-10-4-9(7-13)5-11(12)6-10/h4-6,14H,2-3,8H2,1H3. The quantitative estimate of drug-likeness (QED) is 0.685. The molecule has 1 N–H and O–H groups in total. The minimum absolute atomic E-state index is 0.741. The fourth-order valence-electron chi connectivity index (χ4n) is 1.23. The average Bonchev–Trinajstić information content (AvgIpc) is 2.17. The van der Waals surface area contributed by atoms with Crippen molar-refractivity contribution in [2.24, 2.45) is 0 Å². The first-order valence-electron chi connectivity index (χ1n) is 4.66. The van der Waals surface area contributed by atoms with E-state index in [1.54, 1.807) is 0 Å². The van der Waals surface area contributed by atoms with Gasteiger partial charge in [-0.1, -0.05) is 6.92 Å². The number of rotatable bonds is 4. The van der Waals surface area contributed by atoms with Gasteiger partial charge in [0.05, 0.1) is 11.6 Å². The SMILES string of the molecule is CCCNCc1cc(I)cc(C#N)c1. The first-order valence-corrected chi connectivity index (χ1v) is 5.74. The van der Waals surface area contributed by atoms with Crippen molar-refractivity contribution < 1.29 is 0 Å². The van der Waals surface area contributed by atoms with Crippen LogP contribution in [0.5, 0.6) is 0 Å². The first kappa shape index (κ1) is 11.5. The second kappa shape index (κ2) is 5.99. The Labute approximate surface area is 98.5 Å². The van der Waals surface area contributed by atoms with Gasteiger partial charge in [0.2, 0.25) is 0 Å². The molecule has 14 heavy (non-hydrogen) atoms. The minimum Gasteiger partial charge on any atom is -0.313 e. The van der Waals surface area contributed by atoms with Crippen LogP contribution in [0.3, 0.4) is 0 Å². The van der Waals surface area contributed by atoms with E-state index in [2.05, 4.69) is 47.0 Å². The molecule has 0 radical (unpaired) electrons. The number of nitrogens with one attached hydrogen (secondary N) is 1. The molecule has 0 saturated heterocycles. The molecule has 0 amide bonds. The molecule has 0 unspecified atom stereocenters. The van der Waals surface area contributed by atoms with Crippen molar-refractivity contribution in [2.75, 3.05) is 6.54 Å². The fourth-order valence-corrected chi connectivity index (χ4v) is 1.96. The zero-order chi connectivity index (χ0) is 10.4. The Morgan fingerprint density at radius 2 is 2.21 bits per heavy atom. The monoisotopic (exact) mass is 300 g/mol. The molecule has 0 atom stereocenters. The molecule has 0 spiro atoms. The summed E-state index contributed by atoms with van der Waals surface area (Å²) in [6.07, 6.45) is 1.13. The number of halogens is 1. The van der Waals surface area contributed by atoms with Crippen molar-refractivity contribution in [3.05, 3.63) is 32.9 Å². The lowest BCUT2D eigenvalue weighted by atomic mass is 10.1. The number of nitriles is 1. The number of hydrogen-bond acceptors (Lipinski definition) is 2. The highest BCUT2D eigenvalue weighted by Crippen LogP contribution is 2.11. The highest BCUT2D eigenvalue weighted by molar-refractivity contribution is 14.1. The van der Waals surface area contributed by atoms with Gasteiger partial charge in [-0.05, 0) is 59.3 Å². The second-order valence-electron chi connectivity index (χ2n) is 3.14. The van der Waals surface area contributed by atoms with Crippen molar-refractivity contribution in [3.8, 4) is 6.07 Å². The Kier molecular flexibility index (Phi) is 4.91. The van der Waals surface area contributed by atoms with E-state index in [1.165, 1.54) is 5.56 Å². The molecule has 0 aliphatic heterocycles. The van der Waals surface area contributed by atoms with Crippen LogP contribution >= 0.6 is 22.6 Å². The predicted octanol–water partition coefficient (Wildman–Crippen LogP) is 2.66. The molecule has 3 heteroatoms. The van der Waals surface area contributed by atoms with Gasteiger partial charge in [0.25, 0.3) is 0 Å². The van der Waals surface area contributed by atoms with E-state index in [1.807, 2.05) is 12.1 Å². The van der Waals surface area contributed by atoms with Crippen LogP contribution in [0.25, 0.3) is 0 Å². The summed E-state index contributed by atoms with van der Waals surface area (Å²) in [5.74, 6) is 0. The van der Waals surface area contributed by atoms with E-state index in [4.69, 9.17) is 5.26 Å². The van der Waals surface area contributed by atoms with Crippen LogP contribution in [0.15, 0.2) is 18.2 Å². The molecule has 0 saturated carbocycles. The third-order valence-electron chi connectivity index (χ3n) is 1.84. The Balaban J connectivity index is 2.68. The van der Waals surface area contributed by atoms with Gasteiger partial charge in [-0.25, -0.2) is 0 Å². The molecule has 1 aromatic rings. The highest BCUT2D eigenvalue weighted by atomic mass is 127. The van der Waals surface area contributed by atoms with Gasteiger partial charge in [-0.3, -0.25) is 0 Å². The third-order valence-corrected chi connectivity index (χ3v) is 2.47. The van der Waals surface area contributed by atoms with Gasteiger partial charge < -0.3 is 5.32 Å². The maximum Gasteiger partial charge on any atom is 0.0992 e. The van der Waals surface area contributed by atoms with Crippen molar-refractivity contribution in [1.29, 1.82) is 5.26 Å². The Hall–Kier alpha value is -0.600. The smallest absolute Gasteiger partial charge is 0.0992 e. The van der Waals surface area contributed by atoms with Crippen LogP contribution in [-0.2, 0) is 6.54 Å². The maximum absolute atomic E-state index is 8.78. The van der Waals surface area contributed by atoms with E-state index >= 15 is 0 Å². The summed E-state index contributed by atoms with van der Waals surface area (Å²) in [5.41, 5.74) is 1.92. The largest absolute Gasteiger partial charge is 0.313 e. The van der Waals surface area contributed by atoms with Crippen LogP contribution in [-0.4, -0.2) is 6.54 Å². The van der Waals surface area contributed by atoms with Gasteiger partial charge in [0, 0.05) is 10.1 Å². The number of hydrogen-bond donors (Lipinski definition) is 1. The molecule has 0 aliphatic carbocycles. The molecule has 0 aliphatic rings. The molecule has 0 heterocycles. The predicted molar refractivity (Wildman–Crippen MR) is 65.9 cm³/mol. The van der Waals surface area contributed by atoms with E-state index in [0.717, 1.165) is 28.6 Å². The number of benzene rings is 1. The van der Waals surface area contributed by atoms with E-state index < -0.39 is 0 Å². The topological polar surface area (TPSA) is 35.8 Å². The van der Waals surface area contributed by atoms with Crippen molar-refractivity contribution in [2.45, 2.75) is 19.9 Å². The lowest BCUT2D eigenvalue weighted by Gasteiger charge is -2.04. The molecule has 2 nitrogen and oxygen atoms in total. The van der Waals surface area contributed by atoms with Crippen LogP contribution in [0.4, 0.5) is 0 Å². The normalized spacial score (nSPS) is 9.79. The summed E-state index contributed by atoms with van der Waals surface area (Å²) in [6.45, 7) is 4.01. The van der Waals surface area contributed by atoms with Crippen molar-refractivity contribution in [3.63, 3.8) is 0 Å². The minimum atomic E-state index is 0.741. The third kappa shape index (κ3) is 3.64. The average molecular weight is 300 g/mol. The van der Waals surface area contributed by atoms with E-state index in [-0.39, 0.29) is 0 Å². The maximum atomic E-state index is 8.78. The Morgan fingerprint density at radius 1 is 1.43 bits per heavy atom. The summed E-state index contributed by atoms with van der Waals surface area (Å²) in [7, 11) is 0. The highest BCUT2D eigenvalue weighted by Gasteiger charge is 1.98. The Bertz CT molecular complexity index is 342.